The molecule has 1 rings (SSSR count). The second-order valence-corrected chi connectivity index (χ2v) is 5.89. The van der Waals surface area contributed by atoms with Gasteiger partial charge in [-0.25, -0.2) is 4.57 Å². The predicted octanol–water partition coefficient (Wildman–Crippen LogP) is 1.20. The van der Waals surface area contributed by atoms with Gasteiger partial charge in [0.1, 0.15) is 0 Å². The van der Waals surface area contributed by atoms with Crippen molar-refractivity contribution in [3.8, 4) is 0 Å². The molecule has 1 heterocycles. The lowest BCUT2D eigenvalue weighted by atomic mass is 10.5. The van der Waals surface area contributed by atoms with E-state index in [1.54, 1.807) is 18.2 Å². The highest BCUT2D eigenvalue weighted by Gasteiger charge is 2.53. The SMILES string of the molecule is O=P(O)(O)C(Cl)(Cl)[n+]1ccccc1. The van der Waals surface area contributed by atoms with E-state index in [9.17, 15) is 4.57 Å². The van der Waals surface area contributed by atoms with Gasteiger partial charge in [0, 0.05) is 12.1 Å². The van der Waals surface area contributed by atoms with Gasteiger partial charge in [-0.3, -0.25) is 0 Å². The second kappa shape index (κ2) is 3.56. The molecule has 72 valence electrons. The summed E-state index contributed by atoms with van der Waals surface area (Å²) in [5, 5.41) is 0. The molecular weight excluding hydrogens is 236 g/mol. The number of rotatable bonds is 2. The summed E-state index contributed by atoms with van der Waals surface area (Å²) in [7, 11) is -4.60. The largest absolute Gasteiger partial charge is 0.430 e. The van der Waals surface area contributed by atoms with E-state index < -0.39 is 11.8 Å². The summed E-state index contributed by atoms with van der Waals surface area (Å²) in [6.45, 7) is 0. The first-order valence-electron chi connectivity index (χ1n) is 3.26. The Morgan fingerprint density at radius 3 is 2.00 bits per heavy atom. The summed E-state index contributed by atoms with van der Waals surface area (Å²) in [5.41, 5.74) is 0. The van der Waals surface area contributed by atoms with E-state index in [2.05, 4.69) is 0 Å². The summed E-state index contributed by atoms with van der Waals surface area (Å²) in [4.78, 5) is 17.7. The van der Waals surface area contributed by atoms with Crippen molar-refractivity contribution in [2.75, 3.05) is 0 Å². The smallest absolute Gasteiger partial charge is 0.318 e. The van der Waals surface area contributed by atoms with Gasteiger partial charge < -0.3 is 9.79 Å². The zero-order chi connectivity index (χ0) is 10.1. The lowest BCUT2D eigenvalue weighted by molar-refractivity contribution is -0.701. The fourth-order valence-corrected chi connectivity index (χ4v) is 1.39. The Morgan fingerprint density at radius 1 is 1.15 bits per heavy atom. The van der Waals surface area contributed by atoms with Crippen LogP contribution in [-0.4, -0.2) is 9.79 Å². The quantitative estimate of drug-likeness (QED) is 0.466. The summed E-state index contributed by atoms with van der Waals surface area (Å²) >= 11 is 11.0. The molecule has 0 atom stereocenters. The van der Waals surface area contributed by atoms with Gasteiger partial charge in [0.05, 0.1) is 0 Å². The van der Waals surface area contributed by atoms with E-state index in [1.807, 2.05) is 0 Å². The van der Waals surface area contributed by atoms with Gasteiger partial charge in [0.25, 0.3) is 0 Å². The fourth-order valence-electron chi connectivity index (χ4n) is 0.728. The number of pyridine rings is 1. The Kier molecular flexibility index (Phi) is 3.00. The molecule has 0 unspecified atom stereocenters. The molecule has 0 saturated heterocycles. The highest BCUT2D eigenvalue weighted by Crippen LogP contribution is 2.56. The number of aromatic nitrogens is 1. The third-order valence-electron chi connectivity index (χ3n) is 1.38. The van der Waals surface area contributed by atoms with Gasteiger partial charge in [-0.05, 0) is 23.2 Å². The Labute approximate surface area is 84.9 Å². The normalized spacial score (nSPS) is 12.9. The highest BCUT2D eigenvalue weighted by atomic mass is 35.5. The molecule has 4 nitrogen and oxygen atoms in total. The molecule has 13 heavy (non-hydrogen) atoms. The number of nitrogens with zero attached hydrogens (tertiary/aromatic N) is 1. The molecule has 0 bridgehead atoms. The van der Waals surface area contributed by atoms with Gasteiger partial charge in [-0.2, -0.15) is 4.57 Å². The van der Waals surface area contributed by atoms with Crippen LogP contribution < -0.4 is 4.57 Å². The van der Waals surface area contributed by atoms with Crippen LogP contribution >= 0.6 is 30.8 Å². The number of hydrogen-bond acceptors (Lipinski definition) is 1. The van der Waals surface area contributed by atoms with E-state index in [1.165, 1.54) is 12.4 Å². The van der Waals surface area contributed by atoms with Crippen LogP contribution in [0.15, 0.2) is 30.6 Å². The maximum atomic E-state index is 10.9. The van der Waals surface area contributed by atoms with Gasteiger partial charge in [0.2, 0.25) is 0 Å². The summed E-state index contributed by atoms with van der Waals surface area (Å²) in [6, 6.07) is 4.81. The second-order valence-electron chi connectivity index (χ2n) is 2.34. The molecule has 0 radical (unpaired) electrons. The van der Waals surface area contributed by atoms with Gasteiger partial charge in [-0.1, -0.05) is 6.07 Å². The topological polar surface area (TPSA) is 61.4 Å². The van der Waals surface area contributed by atoms with Gasteiger partial charge in [-0.15, -0.1) is 0 Å². The van der Waals surface area contributed by atoms with Crippen LogP contribution in [0.1, 0.15) is 0 Å². The minimum atomic E-state index is -4.60. The number of hydrogen-bond donors (Lipinski definition) is 2. The van der Waals surface area contributed by atoms with Crippen molar-refractivity contribution < 1.29 is 18.9 Å². The summed E-state index contributed by atoms with van der Waals surface area (Å²) in [6.07, 6.45) is 2.75. The van der Waals surface area contributed by atoms with Crippen LogP contribution in [-0.2, 0) is 8.76 Å². The molecule has 0 aliphatic carbocycles. The molecule has 1 aromatic rings. The molecule has 0 aliphatic rings. The van der Waals surface area contributed by atoms with Crippen LogP contribution in [0.4, 0.5) is 0 Å². The Bertz CT molecular complexity index is 337. The van der Waals surface area contributed by atoms with E-state index in [0.717, 1.165) is 4.57 Å². The molecule has 7 heteroatoms. The average Bonchev–Trinajstić information content (AvgIpc) is 2.04. The Morgan fingerprint density at radius 2 is 1.62 bits per heavy atom. The van der Waals surface area contributed by atoms with Crippen molar-refractivity contribution in [1.82, 2.24) is 0 Å². The predicted molar refractivity (Wildman–Crippen MR) is 48.4 cm³/mol. The molecule has 2 N–H and O–H groups in total. The molecule has 1 aromatic heterocycles. The molecule has 0 aliphatic heterocycles. The fraction of sp³-hybridized carbons (Fsp3) is 0.167. The average molecular weight is 243 g/mol. The molecular formula is C6H7Cl2NO3P+. The Hall–Kier alpha value is -0.120. The zero-order valence-electron chi connectivity index (χ0n) is 6.34. The van der Waals surface area contributed by atoms with E-state index >= 15 is 0 Å². The number of halogens is 2. The zero-order valence-corrected chi connectivity index (χ0v) is 8.75. The van der Waals surface area contributed by atoms with Crippen molar-refractivity contribution in [1.29, 1.82) is 0 Å². The van der Waals surface area contributed by atoms with Crippen molar-refractivity contribution in [3.63, 3.8) is 0 Å². The van der Waals surface area contributed by atoms with Crippen molar-refractivity contribution in [2.45, 2.75) is 4.20 Å². The lowest BCUT2D eigenvalue weighted by Crippen LogP contribution is -2.47. The minimum absolute atomic E-state index is 1.04. The third-order valence-corrected chi connectivity index (χ3v) is 4.02. The van der Waals surface area contributed by atoms with E-state index in [0.29, 0.717) is 0 Å². The molecule has 0 spiro atoms. The maximum absolute atomic E-state index is 10.9. The lowest BCUT2D eigenvalue weighted by Gasteiger charge is -2.14. The first-order valence-corrected chi connectivity index (χ1v) is 5.63. The molecule has 0 amide bonds. The van der Waals surface area contributed by atoms with Gasteiger partial charge >= 0.3 is 11.8 Å². The van der Waals surface area contributed by atoms with Crippen LogP contribution in [0.25, 0.3) is 0 Å². The van der Waals surface area contributed by atoms with Crippen molar-refractivity contribution in [3.05, 3.63) is 30.6 Å². The first kappa shape index (κ1) is 11.0. The monoisotopic (exact) mass is 242 g/mol. The minimum Gasteiger partial charge on any atom is -0.318 e. The third kappa shape index (κ3) is 2.22. The van der Waals surface area contributed by atoms with Crippen LogP contribution in [0.2, 0.25) is 0 Å². The van der Waals surface area contributed by atoms with Crippen LogP contribution in [0.3, 0.4) is 0 Å². The molecule has 0 fully saturated rings. The molecule has 0 saturated carbocycles. The summed E-state index contributed by atoms with van der Waals surface area (Å²) < 4.78 is 9.66. The van der Waals surface area contributed by atoms with Gasteiger partial charge in [0.15, 0.2) is 12.4 Å². The van der Waals surface area contributed by atoms with E-state index in [4.69, 9.17) is 33.0 Å². The van der Waals surface area contributed by atoms with Crippen molar-refractivity contribution >= 4 is 30.8 Å². The standard InChI is InChI=1S/C6H6Cl2NO3P/c7-6(8,13(10,11)12)9-4-2-1-3-5-9/h1-5H,(H-,10,11,12)/p+1. The number of alkyl halides is 2. The molecule has 0 aromatic carbocycles. The highest BCUT2D eigenvalue weighted by molar-refractivity contribution is 7.56. The summed E-state index contributed by atoms with van der Waals surface area (Å²) in [5.74, 6) is 0. The van der Waals surface area contributed by atoms with Crippen LogP contribution in [0.5, 0.6) is 0 Å². The van der Waals surface area contributed by atoms with E-state index in [-0.39, 0.29) is 0 Å². The first-order chi connectivity index (χ1) is 5.86. The maximum Gasteiger partial charge on any atom is 0.430 e. The van der Waals surface area contributed by atoms with Crippen molar-refractivity contribution in [2.24, 2.45) is 0 Å². The Balaban J connectivity index is 3.16. The van der Waals surface area contributed by atoms with Crippen LogP contribution in [0, 0.1) is 0 Å².